The van der Waals surface area contributed by atoms with Crippen molar-refractivity contribution in [2.45, 2.75) is 19.8 Å². The second-order valence-electron chi connectivity index (χ2n) is 2.99. The third kappa shape index (κ3) is 3.61. The molecule has 0 atom stereocenters. The Morgan fingerprint density at radius 2 is 2.27 bits per heavy atom. The summed E-state index contributed by atoms with van der Waals surface area (Å²) in [6.07, 6.45) is 4.84. The number of likely N-dealkylation sites (N-methyl/N-ethyl adjacent to an activating group) is 1. The molecule has 0 bridgehead atoms. The van der Waals surface area contributed by atoms with E-state index in [9.17, 15) is 0 Å². The van der Waals surface area contributed by atoms with E-state index in [4.69, 9.17) is 0 Å². The van der Waals surface area contributed by atoms with Crippen molar-refractivity contribution in [2.24, 2.45) is 0 Å². The summed E-state index contributed by atoms with van der Waals surface area (Å²) in [6, 6.07) is 0. The Labute approximate surface area is 75.3 Å². The van der Waals surface area contributed by atoms with Crippen molar-refractivity contribution in [3.8, 4) is 0 Å². The molecule has 2 nitrogen and oxygen atoms in total. The molecule has 1 rings (SSSR count). The molecule has 0 aromatic heterocycles. The average Bonchev–Trinajstić information content (AvgIpc) is 2.31. The van der Waals surface area contributed by atoms with Crippen molar-refractivity contribution in [1.29, 1.82) is 0 Å². The summed E-state index contributed by atoms with van der Waals surface area (Å²) in [5.41, 5.74) is 0. The van der Waals surface area contributed by atoms with Gasteiger partial charge >= 0.3 is 0 Å². The van der Waals surface area contributed by atoms with Crippen LogP contribution in [0.5, 0.6) is 0 Å². The smallest absolute Gasteiger partial charge is 0.234 e. The van der Waals surface area contributed by atoms with Crippen molar-refractivity contribution in [1.82, 2.24) is 4.90 Å². The van der Waals surface area contributed by atoms with Gasteiger partial charge in [0.2, 0.25) is 6.34 Å². The van der Waals surface area contributed by atoms with Gasteiger partial charge < -0.3 is 12.4 Å². The lowest BCUT2D eigenvalue weighted by Gasteiger charge is -2.03. The van der Waals surface area contributed by atoms with E-state index in [0.29, 0.717) is 0 Å². The van der Waals surface area contributed by atoms with Gasteiger partial charge in [-0.25, -0.2) is 0 Å². The van der Waals surface area contributed by atoms with E-state index in [1.807, 2.05) is 0 Å². The topological polar surface area (TPSA) is 6.25 Å². The quantitative estimate of drug-likeness (QED) is 0.442. The van der Waals surface area contributed by atoms with E-state index in [2.05, 4.69) is 29.8 Å². The van der Waals surface area contributed by atoms with Gasteiger partial charge in [0.1, 0.15) is 13.1 Å². The Morgan fingerprint density at radius 3 is 2.73 bits per heavy atom. The van der Waals surface area contributed by atoms with Crippen LogP contribution in [0.2, 0.25) is 0 Å². The largest absolute Gasteiger partial charge is 1.00 e. The predicted octanol–water partition coefficient (Wildman–Crippen LogP) is -2.22. The number of hydrogen-bond donors (Lipinski definition) is 0. The van der Waals surface area contributed by atoms with Crippen LogP contribution in [0.1, 0.15) is 19.8 Å². The zero-order valence-electron chi connectivity index (χ0n) is 7.39. The molecule has 0 spiro atoms. The summed E-state index contributed by atoms with van der Waals surface area (Å²) in [7, 11) is 2.13. The van der Waals surface area contributed by atoms with Crippen LogP contribution in [0.15, 0.2) is 0 Å². The highest BCUT2D eigenvalue weighted by Gasteiger charge is 2.14. The molecule has 0 saturated carbocycles. The van der Waals surface area contributed by atoms with Crippen molar-refractivity contribution in [3.63, 3.8) is 0 Å². The molecule has 0 radical (unpaired) electrons. The van der Waals surface area contributed by atoms with Crippen LogP contribution >= 0.6 is 0 Å². The fourth-order valence-corrected chi connectivity index (χ4v) is 1.21. The Balaban J connectivity index is 0.000001000. The highest BCUT2D eigenvalue weighted by Crippen LogP contribution is 1.95. The third-order valence-electron chi connectivity index (χ3n) is 1.90. The number of rotatable bonds is 3. The first-order chi connectivity index (χ1) is 4.83. The Hall–Kier alpha value is -0.240. The SMILES string of the molecule is CCCCN1C=[N+](C)CC1.[Cl-]. The molecular formula is C8H17ClN2. The van der Waals surface area contributed by atoms with Crippen molar-refractivity contribution in [3.05, 3.63) is 0 Å². The molecule has 0 N–H and O–H groups in total. The van der Waals surface area contributed by atoms with E-state index in [-0.39, 0.29) is 12.4 Å². The molecule has 0 aliphatic carbocycles. The van der Waals surface area contributed by atoms with Crippen LogP contribution in [-0.4, -0.2) is 42.5 Å². The van der Waals surface area contributed by atoms with Gasteiger partial charge in [-0.2, -0.15) is 0 Å². The average molecular weight is 177 g/mol. The highest BCUT2D eigenvalue weighted by molar-refractivity contribution is 5.50. The lowest BCUT2D eigenvalue weighted by molar-refractivity contribution is -0.482. The van der Waals surface area contributed by atoms with Crippen LogP contribution in [-0.2, 0) is 0 Å². The minimum atomic E-state index is 0. The molecule has 0 aromatic carbocycles. The molecular weight excluding hydrogens is 160 g/mol. The van der Waals surface area contributed by atoms with E-state index < -0.39 is 0 Å². The monoisotopic (exact) mass is 176 g/mol. The molecule has 3 heteroatoms. The molecule has 0 amide bonds. The molecule has 66 valence electrons. The summed E-state index contributed by atoms with van der Waals surface area (Å²) in [5.74, 6) is 0. The molecule has 0 saturated heterocycles. The van der Waals surface area contributed by atoms with Gasteiger partial charge in [-0.15, -0.1) is 0 Å². The van der Waals surface area contributed by atoms with Crippen LogP contribution < -0.4 is 12.4 Å². The first-order valence-electron chi connectivity index (χ1n) is 4.12. The van der Waals surface area contributed by atoms with Crippen molar-refractivity contribution < 1.29 is 17.0 Å². The molecule has 0 fully saturated rings. The third-order valence-corrected chi connectivity index (χ3v) is 1.90. The van der Waals surface area contributed by atoms with Gasteiger partial charge in [-0.3, -0.25) is 9.48 Å². The molecule has 0 aromatic rings. The second-order valence-corrected chi connectivity index (χ2v) is 2.99. The highest BCUT2D eigenvalue weighted by atomic mass is 35.5. The van der Waals surface area contributed by atoms with Gasteiger partial charge in [0.05, 0.1) is 13.6 Å². The number of nitrogens with zero attached hydrogens (tertiary/aromatic N) is 2. The van der Waals surface area contributed by atoms with E-state index in [1.165, 1.54) is 32.5 Å². The zero-order chi connectivity index (χ0) is 7.40. The predicted molar refractivity (Wildman–Crippen MR) is 43.6 cm³/mol. The van der Waals surface area contributed by atoms with Gasteiger partial charge in [-0.1, -0.05) is 13.3 Å². The van der Waals surface area contributed by atoms with Gasteiger partial charge in [0, 0.05) is 0 Å². The van der Waals surface area contributed by atoms with Crippen molar-refractivity contribution in [2.75, 3.05) is 26.7 Å². The standard InChI is InChI=1S/C8H17N2.ClH/c1-3-4-5-10-7-6-9(2)8-10;/h8H,3-7H2,1-2H3;1H/q+1;/p-1. The van der Waals surface area contributed by atoms with Gasteiger partial charge in [0.15, 0.2) is 0 Å². The van der Waals surface area contributed by atoms with Crippen LogP contribution in [0.4, 0.5) is 0 Å². The summed E-state index contributed by atoms with van der Waals surface area (Å²) < 4.78 is 2.25. The Bertz CT molecular complexity index is 134. The summed E-state index contributed by atoms with van der Waals surface area (Å²) in [4.78, 5) is 2.39. The normalized spacial score (nSPS) is 16.2. The fraction of sp³-hybridized carbons (Fsp3) is 0.875. The number of halogens is 1. The fourth-order valence-electron chi connectivity index (χ4n) is 1.21. The maximum Gasteiger partial charge on any atom is 0.234 e. The first-order valence-corrected chi connectivity index (χ1v) is 4.12. The molecule has 11 heavy (non-hydrogen) atoms. The summed E-state index contributed by atoms with van der Waals surface area (Å²) in [5, 5.41) is 0. The minimum Gasteiger partial charge on any atom is -1.00 e. The Kier molecular flexibility index (Phi) is 5.30. The van der Waals surface area contributed by atoms with E-state index >= 15 is 0 Å². The van der Waals surface area contributed by atoms with Crippen LogP contribution in [0.25, 0.3) is 0 Å². The molecule has 1 aliphatic heterocycles. The molecule has 1 aliphatic rings. The van der Waals surface area contributed by atoms with Crippen LogP contribution in [0.3, 0.4) is 0 Å². The lowest BCUT2D eigenvalue weighted by atomic mass is 10.3. The first kappa shape index (κ1) is 10.8. The molecule has 0 unspecified atom stereocenters. The maximum absolute atomic E-state index is 2.39. The number of hydrogen-bond acceptors (Lipinski definition) is 1. The number of unbranched alkanes of at least 4 members (excludes halogenated alkanes) is 1. The maximum atomic E-state index is 2.39. The second kappa shape index (κ2) is 5.42. The summed E-state index contributed by atoms with van der Waals surface area (Å²) >= 11 is 0. The van der Waals surface area contributed by atoms with Crippen LogP contribution in [0, 0.1) is 0 Å². The zero-order valence-corrected chi connectivity index (χ0v) is 8.14. The van der Waals surface area contributed by atoms with E-state index in [1.54, 1.807) is 0 Å². The van der Waals surface area contributed by atoms with Gasteiger partial charge in [-0.05, 0) is 6.42 Å². The lowest BCUT2D eigenvalue weighted by Crippen LogP contribution is -3.00. The Morgan fingerprint density at radius 1 is 1.55 bits per heavy atom. The summed E-state index contributed by atoms with van der Waals surface area (Å²) in [6.45, 7) is 5.89. The minimum absolute atomic E-state index is 0. The molecule has 1 heterocycles. The van der Waals surface area contributed by atoms with E-state index in [0.717, 1.165) is 0 Å². The van der Waals surface area contributed by atoms with Crippen molar-refractivity contribution >= 4 is 6.34 Å². The van der Waals surface area contributed by atoms with Gasteiger partial charge in [0.25, 0.3) is 0 Å².